The van der Waals surface area contributed by atoms with Gasteiger partial charge in [-0.1, -0.05) is 12.1 Å². The van der Waals surface area contributed by atoms with Gasteiger partial charge in [-0.25, -0.2) is 9.59 Å². The van der Waals surface area contributed by atoms with E-state index in [9.17, 15) is 14.4 Å². The summed E-state index contributed by atoms with van der Waals surface area (Å²) >= 11 is 0. The van der Waals surface area contributed by atoms with Crippen molar-refractivity contribution in [2.75, 3.05) is 34.0 Å². The van der Waals surface area contributed by atoms with Gasteiger partial charge >= 0.3 is 11.9 Å². The van der Waals surface area contributed by atoms with E-state index >= 15 is 0 Å². The first-order chi connectivity index (χ1) is 12.9. The first-order valence-electron chi connectivity index (χ1n) is 8.53. The summed E-state index contributed by atoms with van der Waals surface area (Å²) in [6, 6.07) is 6.56. The van der Waals surface area contributed by atoms with Crippen LogP contribution in [0.2, 0.25) is 0 Å². The van der Waals surface area contributed by atoms with Crippen LogP contribution in [0.3, 0.4) is 0 Å². The molecule has 1 amide bonds. The topological polar surface area (TPSA) is 82.1 Å². The van der Waals surface area contributed by atoms with Crippen molar-refractivity contribution < 1.29 is 28.6 Å². The molecular weight excluding hydrogens is 350 g/mol. The summed E-state index contributed by atoms with van der Waals surface area (Å²) in [4.78, 5) is 38.3. The van der Waals surface area contributed by atoms with E-state index in [-0.39, 0.29) is 23.7 Å². The van der Waals surface area contributed by atoms with Gasteiger partial charge in [-0.3, -0.25) is 4.79 Å². The summed E-state index contributed by atoms with van der Waals surface area (Å²) in [5, 5.41) is 0. The fourth-order valence-electron chi connectivity index (χ4n) is 2.78. The standard InChI is InChI=1S/C20H23NO6/c1-5-27-20(24)17-13(2)21(10-11-25-3)18(22)16(17)12-14-6-8-15(9-7-14)19(23)26-4/h6-9,12H,5,10-11H2,1-4H3. The van der Waals surface area contributed by atoms with Crippen molar-refractivity contribution in [2.45, 2.75) is 13.8 Å². The lowest BCUT2D eigenvalue weighted by molar-refractivity contribution is -0.138. The van der Waals surface area contributed by atoms with Crippen molar-refractivity contribution >= 4 is 23.9 Å². The number of benzene rings is 1. The number of carbonyl (C=O) groups excluding carboxylic acids is 3. The first kappa shape index (κ1) is 20.4. The predicted octanol–water partition coefficient (Wildman–Crippen LogP) is 2.18. The van der Waals surface area contributed by atoms with Crippen molar-refractivity contribution in [1.29, 1.82) is 0 Å². The van der Waals surface area contributed by atoms with Crippen LogP contribution in [0.15, 0.2) is 41.1 Å². The third-order valence-electron chi connectivity index (χ3n) is 4.15. The van der Waals surface area contributed by atoms with Crippen molar-refractivity contribution in [1.82, 2.24) is 4.90 Å². The molecule has 0 aromatic heterocycles. The number of nitrogens with zero attached hydrogens (tertiary/aromatic N) is 1. The average Bonchev–Trinajstić information content (AvgIpc) is 2.90. The molecular formula is C20H23NO6. The van der Waals surface area contributed by atoms with Gasteiger partial charge in [-0.05, 0) is 37.6 Å². The van der Waals surface area contributed by atoms with E-state index in [0.717, 1.165) is 0 Å². The number of allylic oxidation sites excluding steroid dienone is 1. The SMILES string of the molecule is CCOC(=O)C1=C(C)N(CCOC)C(=O)C1=Cc1ccc(C(=O)OC)cc1. The van der Waals surface area contributed by atoms with Crippen LogP contribution in [0, 0.1) is 0 Å². The van der Waals surface area contributed by atoms with Crippen molar-refractivity contribution in [3.8, 4) is 0 Å². The van der Waals surface area contributed by atoms with Crippen LogP contribution < -0.4 is 0 Å². The molecule has 1 aliphatic heterocycles. The van der Waals surface area contributed by atoms with Crippen LogP contribution in [0.4, 0.5) is 0 Å². The molecule has 0 saturated carbocycles. The van der Waals surface area contributed by atoms with Crippen LogP contribution in [-0.4, -0.2) is 56.7 Å². The van der Waals surface area contributed by atoms with E-state index in [4.69, 9.17) is 9.47 Å². The van der Waals surface area contributed by atoms with Crippen molar-refractivity contribution in [3.05, 3.63) is 52.2 Å². The van der Waals surface area contributed by atoms with E-state index in [0.29, 0.717) is 30.0 Å². The maximum Gasteiger partial charge on any atom is 0.340 e. The van der Waals surface area contributed by atoms with E-state index in [1.165, 1.54) is 12.0 Å². The Bertz CT molecular complexity index is 791. The Morgan fingerprint density at radius 3 is 2.33 bits per heavy atom. The zero-order chi connectivity index (χ0) is 20.0. The van der Waals surface area contributed by atoms with E-state index < -0.39 is 11.9 Å². The minimum Gasteiger partial charge on any atom is -0.465 e. The molecule has 0 spiro atoms. The molecule has 1 aliphatic rings. The van der Waals surface area contributed by atoms with E-state index in [2.05, 4.69) is 4.74 Å². The molecule has 1 aromatic rings. The smallest absolute Gasteiger partial charge is 0.340 e. The molecule has 0 unspecified atom stereocenters. The molecule has 0 fully saturated rings. The van der Waals surface area contributed by atoms with E-state index in [1.807, 2.05) is 0 Å². The summed E-state index contributed by atoms with van der Waals surface area (Å²) in [7, 11) is 2.86. The molecule has 2 rings (SSSR count). The zero-order valence-electron chi connectivity index (χ0n) is 15.9. The highest BCUT2D eigenvalue weighted by Crippen LogP contribution is 2.31. The Morgan fingerprint density at radius 1 is 1.11 bits per heavy atom. The molecule has 0 radical (unpaired) electrons. The number of methoxy groups -OCH3 is 2. The van der Waals surface area contributed by atoms with Gasteiger partial charge in [0.1, 0.15) is 0 Å². The maximum absolute atomic E-state index is 12.8. The van der Waals surface area contributed by atoms with Gasteiger partial charge in [0.15, 0.2) is 0 Å². The van der Waals surface area contributed by atoms with Crippen molar-refractivity contribution in [2.24, 2.45) is 0 Å². The molecule has 0 bridgehead atoms. The lowest BCUT2D eigenvalue weighted by Gasteiger charge is -2.16. The maximum atomic E-state index is 12.8. The minimum atomic E-state index is -0.541. The Balaban J connectivity index is 2.41. The Kier molecular flexibility index (Phi) is 6.90. The highest BCUT2D eigenvalue weighted by atomic mass is 16.5. The molecule has 0 saturated heterocycles. The molecule has 144 valence electrons. The normalized spacial score (nSPS) is 15.5. The summed E-state index contributed by atoms with van der Waals surface area (Å²) in [5.74, 6) is -1.27. The number of ether oxygens (including phenoxy) is 3. The molecule has 1 aromatic carbocycles. The zero-order valence-corrected chi connectivity index (χ0v) is 15.9. The Labute approximate surface area is 158 Å². The molecule has 0 atom stereocenters. The second-order valence-corrected chi connectivity index (χ2v) is 5.80. The van der Waals surface area contributed by atoms with Gasteiger partial charge in [-0.2, -0.15) is 0 Å². The third kappa shape index (κ3) is 4.43. The number of amides is 1. The molecule has 0 N–H and O–H groups in total. The average molecular weight is 373 g/mol. The van der Waals surface area contributed by atoms with Crippen molar-refractivity contribution in [3.63, 3.8) is 0 Å². The number of esters is 2. The molecule has 27 heavy (non-hydrogen) atoms. The quantitative estimate of drug-likeness (QED) is 0.538. The van der Waals surface area contributed by atoms with E-state index in [1.54, 1.807) is 51.3 Å². The van der Waals surface area contributed by atoms with Crippen LogP contribution >= 0.6 is 0 Å². The lowest BCUT2D eigenvalue weighted by atomic mass is 10.0. The van der Waals surface area contributed by atoms with Crippen LogP contribution in [0.5, 0.6) is 0 Å². The number of hydrogen-bond donors (Lipinski definition) is 0. The summed E-state index contributed by atoms with van der Waals surface area (Å²) in [6.07, 6.45) is 1.62. The largest absolute Gasteiger partial charge is 0.465 e. The van der Waals surface area contributed by atoms with Crippen LogP contribution in [-0.2, 0) is 23.8 Å². The number of carbonyl (C=O) groups is 3. The number of hydrogen-bond acceptors (Lipinski definition) is 6. The monoisotopic (exact) mass is 373 g/mol. The predicted molar refractivity (Wildman–Crippen MR) is 98.7 cm³/mol. The third-order valence-corrected chi connectivity index (χ3v) is 4.15. The molecule has 7 nitrogen and oxygen atoms in total. The first-order valence-corrected chi connectivity index (χ1v) is 8.53. The Hall–Kier alpha value is -2.93. The van der Waals surface area contributed by atoms with Gasteiger partial charge in [0.25, 0.3) is 5.91 Å². The van der Waals surface area contributed by atoms with Gasteiger partial charge in [0.05, 0.1) is 37.0 Å². The number of rotatable bonds is 7. The molecule has 7 heteroatoms. The summed E-state index contributed by atoms with van der Waals surface area (Å²) in [6.45, 7) is 4.31. The highest BCUT2D eigenvalue weighted by Gasteiger charge is 2.36. The fraction of sp³-hybridized carbons (Fsp3) is 0.350. The van der Waals surface area contributed by atoms with Crippen LogP contribution in [0.1, 0.15) is 29.8 Å². The highest BCUT2D eigenvalue weighted by molar-refractivity contribution is 6.16. The van der Waals surface area contributed by atoms with Gasteiger partial charge in [-0.15, -0.1) is 0 Å². The molecule has 0 aliphatic carbocycles. The van der Waals surface area contributed by atoms with Gasteiger partial charge in [0, 0.05) is 19.4 Å². The lowest BCUT2D eigenvalue weighted by Crippen LogP contribution is -2.28. The van der Waals surface area contributed by atoms with Crippen LogP contribution in [0.25, 0.3) is 6.08 Å². The Morgan fingerprint density at radius 2 is 1.78 bits per heavy atom. The second kappa shape index (κ2) is 9.14. The van der Waals surface area contributed by atoms with Gasteiger partial charge in [0.2, 0.25) is 0 Å². The fourth-order valence-corrected chi connectivity index (χ4v) is 2.78. The molecule has 1 heterocycles. The van der Waals surface area contributed by atoms with Gasteiger partial charge < -0.3 is 19.1 Å². The minimum absolute atomic E-state index is 0.211. The second-order valence-electron chi connectivity index (χ2n) is 5.80. The summed E-state index contributed by atoms with van der Waals surface area (Å²) < 4.78 is 14.8. The summed E-state index contributed by atoms with van der Waals surface area (Å²) in [5.41, 5.74) is 2.11.